The van der Waals surface area contributed by atoms with Crippen LogP contribution in [0.2, 0.25) is 0 Å². The van der Waals surface area contributed by atoms with Crippen LogP contribution in [0.5, 0.6) is 0 Å². The highest BCUT2D eigenvalue weighted by Crippen LogP contribution is 2.43. The summed E-state index contributed by atoms with van der Waals surface area (Å²) in [4.78, 5) is 11.9. The van der Waals surface area contributed by atoms with Gasteiger partial charge >= 0.3 is 6.09 Å². The number of carbonyl (C=O) groups is 1. The molecule has 1 amide bonds. The monoisotopic (exact) mass is 189 g/mol. The van der Waals surface area contributed by atoms with Crippen LogP contribution < -0.4 is 0 Å². The first-order valence-electron chi connectivity index (χ1n) is 3.96. The summed E-state index contributed by atoms with van der Waals surface area (Å²) in [5.41, 5.74) is 0.0576. The minimum absolute atomic E-state index is 0.0576. The van der Waals surface area contributed by atoms with E-state index in [4.69, 9.17) is 5.11 Å². The van der Waals surface area contributed by atoms with E-state index in [0.717, 1.165) is 0 Å². The lowest BCUT2D eigenvalue weighted by molar-refractivity contribution is 0.0545. The molecular formula is C8H15NO2S. The Kier molecular flexibility index (Phi) is 2.07. The highest BCUT2D eigenvalue weighted by atomic mass is 32.1. The second kappa shape index (κ2) is 2.55. The van der Waals surface area contributed by atoms with E-state index >= 15 is 0 Å². The topological polar surface area (TPSA) is 40.5 Å². The van der Waals surface area contributed by atoms with Gasteiger partial charge in [0.25, 0.3) is 0 Å². The predicted octanol–water partition coefficient (Wildman–Crippen LogP) is 1.69. The van der Waals surface area contributed by atoms with Gasteiger partial charge in [0.2, 0.25) is 0 Å². The van der Waals surface area contributed by atoms with Crippen LogP contribution in [0.1, 0.15) is 20.8 Å². The van der Waals surface area contributed by atoms with Gasteiger partial charge in [0, 0.05) is 13.1 Å². The van der Waals surface area contributed by atoms with Gasteiger partial charge in [0.05, 0.1) is 4.75 Å². The molecule has 0 spiro atoms. The van der Waals surface area contributed by atoms with Crippen molar-refractivity contribution in [2.75, 3.05) is 13.1 Å². The van der Waals surface area contributed by atoms with Crippen molar-refractivity contribution in [1.29, 1.82) is 0 Å². The Balaban J connectivity index is 2.57. The van der Waals surface area contributed by atoms with Crippen molar-refractivity contribution in [3.8, 4) is 0 Å². The molecule has 0 atom stereocenters. The van der Waals surface area contributed by atoms with E-state index in [1.807, 2.05) is 0 Å². The van der Waals surface area contributed by atoms with E-state index in [1.54, 1.807) is 0 Å². The molecule has 3 nitrogen and oxygen atoms in total. The Morgan fingerprint density at radius 2 is 1.92 bits per heavy atom. The number of amides is 1. The number of thiol groups is 1. The Bertz CT molecular complexity index is 204. The van der Waals surface area contributed by atoms with Gasteiger partial charge in [0.15, 0.2) is 0 Å². The SMILES string of the molecule is CC(C)(C)C1(S)CN(C(=O)O)C1. The fourth-order valence-corrected chi connectivity index (χ4v) is 1.54. The minimum Gasteiger partial charge on any atom is -0.465 e. The zero-order chi connectivity index (χ0) is 9.57. The quantitative estimate of drug-likeness (QED) is 0.569. The predicted molar refractivity (Wildman–Crippen MR) is 50.8 cm³/mol. The molecule has 0 aromatic carbocycles. The van der Waals surface area contributed by atoms with Crippen molar-refractivity contribution in [3.05, 3.63) is 0 Å². The van der Waals surface area contributed by atoms with E-state index in [9.17, 15) is 4.79 Å². The normalized spacial score (nSPS) is 21.8. The van der Waals surface area contributed by atoms with Gasteiger partial charge in [-0.1, -0.05) is 20.8 Å². The molecule has 70 valence electrons. The fraction of sp³-hybridized carbons (Fsp3) is 0.875. The van der Waals surface area contributed by atoms with E-state index in [-0.39, 0.29) is 10.2 Å². The van der Waals surface area contributed by atoms with E-state index in [0.29, 0.717) is 13.1 Å². The molecule has 1 fully saturated rings. The van der Waals surface area contributed by atoms with E-state index < -0.39 is 6.09 Å². The highest BCUT2D eigenvalue weighted by molar-refractivity contribution is 7.82. The molecule has 1 aliphatic heterocycles. The molecule has 0 aliphatic carbocycles. The van der Waals surface area contributed by atoms with Crippen LogP contribution in [0.25, 0.3) is 0 Å². The molecule has 0 saturated carbocycles. The average Bonchev–Trinajstić information content (AvgIpc) is 1.77. The van der Waals surface area contributed by atoms with E-state index in [2.05, 4.69) is 33.4 Å². The van der Waals surface area contributed by atoms with Crippen molar-refractivity contribution in [2.45, 2.75) is 25.5 Å². The molecule has 0 aromatic heterocycles. The van der Waals surface area contributed by atoms with Crippen LogP contribution in [-0.4, -0.2) is 33.9 Å². The molecule has 0 aromatic rings. The average molecular weight is 189 g/mol. The van der Waals surface area contributed by atoms with Crippen LogP contribution in [0.3, 0.4) is 0 Å². The van der Waals surface area contributed by atoms with Crippen LogP contribution >= 0.6 is 12.6 Å². The van der Waals surface area contributed by atoms with Gasteiger partial charge in [-0.25, -0.2) is 4.79 Å². The summed E-state index contributed by atoms with van der Waals surface area (Å²) in [6.07, 6.45) is -0.844. The van der Waals surface area contributed by atoms with Crippen LogP contribution in [0, 0.1) is 5.41 Å². The second-order valence-corrected chi connectivity index (χ2v) is 5.28. The standard InChI is InChI=1S/C8H15NO2S/c1-7(2,3)8(12)4-9(5-8)6(10)11/h12H,4-5H2,1-3H3,(H,10,11). The summed E-state index contributed by atoms with van der Waals surface area (Å²) in [6, 6.07) is 0. The molecule has 1 rings (SSSR count). The van der Waals surface area contributed by atoms with Gasteiger partial charge in [-0.15, -0.1) is 0 Å². The molecule has 0 unspecified atom stereocenters. The third-order valence-electron chi connectivity index (χ3n) is 2.57. The Hall–Kier alpha value is -0.380. The first kappa shape index (κ1) is 9.71. The molecule has 1 heterocycles. The van der Waals surface area contributed by atoms with Crippen molar-refractivity contribution >= 4 is 18.7 Å². The van der Waals surface area contributed by atoms with Crippen molar-refractivity contribution in [3.63, 3.8) is 0 Å². The van der Waals surface area contributed by atoms with Gasteiger partial charge < -0.3 is 10.0 Å². The number of carboxylic acid groups (broad SMARTS) is 1. The van der Waals surface area contributed by atoms with Gasteiger partial charge in [-0.05, 0) is 5.41 Å². The lowest BCUT2D eigenvalue weighted by Gasteiger charge is -2.53. The third-order valence-corrected chi connectivity index (χ3v) is 3.53. The van der Waals surface area contributed by atoms with E-state index in [1.165, 1.54) is 4.90 Å². The largest absolute Gasteiger partial charge is 0.465 e. The summed E-state index contributed by atoms with van der Waals surface area (Å²) in [7, 11) is 0. The van der Waals surface area contributed by atoms with Crippen LogP contribution in [-0.2, 0) is 0 Å². The van der Waals surface area contributed by atoms with Crippen molar-refractivity contribution in [2.24, 2.45) is 5.41 Å². The maximum atomic E-state index is 10.5. The first-order valence-corrected chi connectivity index (χ1v) is 4.41. The highest BCUT2D eigenvalue weighted by Gasteiger charge is 2.50. The molecule has 0 bridgehead atoms. The maximum Gasteiger partial charge on any atom is 0.407 e. The molecular weight excluding hydrogens is 174 g/mol. The summed E-state index contributed by atoms with van der Waals surface area (Å²) in [6.45, 7) is 7.32. The number of likely N-dealkylation sites (tertiary alicyclic amines) is 1. The third kappa shape index (κ3) is 1.40. The zero-order valence-electron chi connectivity index (χ0n) is 7.66. The molecule has 1 saturated heterocycles. The molecule has 12 heavy (non-hydrogen) atoms. The smallest absolute Gasteiger partial charge is 0.407 e. The molecule has 1 N–H and O–H groups in total. The fourth-order valence-electron chi connectivity index (χ4n) is 1.19. The minimum atomic E-state index is -0.844. The van der Waals surface area contributed by atoms with Crippen molar-refractivity contribution in [1.82, 2.24) is 4.90 Å². The number of hydrogen-bond donors (Lipinski definition) is 2. The number of rotatable bonds is 0. The number of hydrogen-bond acceptors (Lipinski definition) is 2. The Morgan fingerprint density at radius 3 is 2.17 bits per heavy atom. The van der Waals surface area contributed by atoms with Gasteiger partial charge in [0.1, 0.15) is 0 Å². The second-order valence-electron chi connectivity index (χ2n) is 4.42. The van der Waals surface area contributed by atoms with Crippen LogP contribution in [0.15, 0.2) is 0 Å². The lowest BCUT2D eigenvalue weighted by atomic mass is 9.75. The number of nitrogens with zero attached hydrogens (tertiary/aromatic N) is 1. The summed E-state index contributed by atoms with van der Waals surface area (Å²) >= 11 is 4.50. The van der Waals surface area contributed by atoms with Crippen molar-refractivity contribution < 1.29 is 9.90 Å². The summed E-state index contributed by atoms with van der Waals surface area (Å²) in [5.74, 6) is 0. The summed E-state index contributed by atoms with van der Waals surface area (Å²) < 4.78 is -0.147. The first-order chi connectivity index (χ1) is 5.26. The molecule has 1 aliphatic rings. The van der Waals surface area contributed by atoms with Gasteiger partial charge in [-0.3, -0.25) is 0 Å². The Labute approximate surface area is 78.2 Å². The summed E-state index contributed by atoms with van der Waals surface area (Å²) in [5, 5.41) is 8.62. The lowest BCUT2D eigenvalue weighted by Crippen LogP contribution is -2.65. The molecule has 4 heteroatoms. The van der Waals surface area contributed by atoms with Crippen LogP contribution in [0.4, 0.5) is 4.79 Å². The van der Waals surface area contributed by atoms with Gasteiger partial charge in [-0.2, -0.15) is 12.6 Å². The Morgan fingerprint density at radius 1 is 1.50 bits per heavy atom. The maximum absolute atomic E-state index is 10.5. The molecule has 0 radical (unpaired) electrons. The zero-order valence-corrected chi connectivity index (χ0v) is 8.56.